The number of esters is 1. The van der Waals surface area contributed by atoms with Gasteiger partial charge in [0, 0.05) is 13.0 Å². The zero-order valence-corrected chi connectivity index (χ0v) is 37.1. The molecule has 0 amide bonds. The van der Waals surface area contributed by atoms with E-state index in [4.69, 9.17) is 9.47 Å². The molecule has 0 aromatic rings. The average Bonchev–Trinajstić information content (AvgIpc) is 3.20. The number of unbranched alkanes of at least 4 members (excludes halogenated alkanes) is 24. The summed E-state index contributed by atoms with van der Waals surface area (Å²) in [6.07, 6.45) is 67.2. The predicted octanol–water partition coefficient (Wildman–Crippen LogP) is 16.2. The van der Waals surface area contributed by atoms with Crippen molar-refractivity contribution in [1.29, 1.82) is 0 Å². The highest BCUT2D eigenvalue weighted by Gasteiger charge is 2.13. The largest absolute Gasteiger partial charge is 0.457 e. The van der Waals surface area contributed by atoms with Crippen LogP contribution in [-0.4, -0.2) is 37.0 Å². The lowest BCUT2D eigenvalue weighted by Crippen LogP contribution is -2.27. The minimum atomic E-state index is -0.577. The summed E-state index contributed by atoms with van der Waals surface area (Å²) in [5.41, 5.74) is 0. The second-order valence-corrected chi connectivity index (χ2v) is 15.8. The Morgan fingerprint density at radius 1 is 0.446 bits per heavy atom. The monoisotopic (exact) mass is 781 g/mol. The molecule has 1 N–H and O–H groups in total. The summed E-state index contributed by atoms with van der Waals surface area (Å²) < 4.78 is 11.1. The molecule has 324 valence electrons. The third kappa shape index (κ3) is 46.2. The van der Waals surface area contributed by atoms with E-state index in [0.29, 0.717) is 19.4 Å². The summed E-state index contributed by atoms with van der Waals surface area (Å²) in [7, 11) is 0. The van der Waals surface area contributed by atoms with Crippen molar-refractivity contribution in [3.8, 4) is 0 Å². The van der Waals surface area contributed by atoms with E-state index < -0.39 is 6.10 Å². The van der Waals surface area contributed by atoms with Gasteiger partial charge < -0.3 is 14.6 Å². The molecule has 4 heteroatoms. The predicted molar refractivity (Wildman–Crippen MR) is 246 cm³/mol. The molecule has 0 saturated carbocycles. The third-order valence-electron chi connectivity index (χ3n) is 10.3. The molecule has 0 fully saturated rings. The topological polar surface area (TPSA) is 55.8 Å². The lowest BCUT2D eigenvalue weighted by atomic mass is 10.0. The number of hydrogen-bond donors (Lipinski definition) is 1. The number of aliphatic hydroxyl groups excluding tert-OH is 1. The molecule has 0 heterocycles. The zero-order valence-electron chi connectivity index (χ0n) is 37.1. The van der Waals surface area contributed by atoms with Crippen molar-refractivity contribution in [2.24, 2.45) is 0 Å². The molecule has 1 atom stereocenters. The molecule has 4 nitrogen and oxygen atoms in total. The lowest BCUT2D eigenvalue weighted by Gasteiger charge is -2.15. The highest BCUT2D eigenvalue weighted by atomic mass is 16.6. The first-order valence-electron chi connectivity index (χ1n) is 24.0. The van der Waals surface area contributed by atoms with E-state index in [-0.39, 0.29) is 19.2 Å². The van der Waals surface area contributed by atoms with E-state index in [0.717, 1.165) is 44.9 Å². The summed E-state index contributed by atoms with van der Waals surface area (Å²) in [6.45, 7) is 5.17. The molecule has 0 aromatic carbocycles. The summed E-state index contributed by atoms with van der Waals surface area (Å²) in [6, 6.07) is 0. The van der Waals surface area contributed by atoms with Gasteiger partial charge in [-0.2, -0.15) is 0 Å². The third-order valence-corrected chi connectivity index (χ3v) is 10.3. The van der Waals surface area contributed by atoms with Crippen molar-refractivity contribution in [2.75, 3.05) is 19.8 Å². The second kappa shape index (κ2) is 49.0. The summed E-state index contributed by atoms with van der Waals surface area (Å²) in [5.74, 6) is -0.280. The maximum absolute atomic E-state index is 12.2. The lowest BCUT2D eigenvalue weighted by molar-refractivity contribution is -0.154. The van der Waals surface area contributed by atoms with Crippen molar-refractivity contribution in [3.63, 3.8) is 0 Å². The highest BCUT2D eigenvalue weighted by Crippen LogP contribution is 2.16. The number of carbonyl (C=O) groups excluding carboxylic acids is 1. The van der Waals surface area contributed by atoms with Crippen molar-refractivity contribution in [2.45, 2.75) is 232 Å². The van der Waals surface area contributed by atoms with Crippen LogP contribution >= 0.6 is 0 Å². The van der Waals surface area contributed by atoms with Gasteiger partial charge in [-0.1, -0.05) is 241 Å². The Balaban J connectivity index is 3.48. The first kappa shape index (κ1) is 53.8. The molecule has 0 spiro atoms. The summed E-state index contributed by atoms with van der Waals surface area (Å²) in [5, 5.41) is 9.62. The van der Waals surface area contributed by atoms with Gasteiger partial charge >= 0.3 is 5.97 Å². The van der Waals surface area contributed by atoms with Gasteiger partial charge in [0.15, 0.2) is 0 Å². The normalized spacial score (nSPS) is 13.0. The van der Waals surface area contributed by atoms with Crippen LogP contribution in [0.25, 0.3) is 0 Å². The van der Waals surface area contributed by atoms with Gasteiger partial charge in [0.05, 0.1) is 13.2 Å². The Bertz CT molecular complexity index is 958. The Kier molecular flexibility index (Phi) is 47.1. The van der Waals surface area contributed by atoms with E-state index in [1.807, 2.05) is 6.08 Å². The molecule has 0 aliphatic rings. The van der Waals surface area contributed by atoms with Crippen LogP contribution in [0.3, 0.4) is 0 Å². The van der Waals surface area contributed by atoms with Gasteiger partial charge in [-0.05, 0) is 51.4 Å². The van der Waals surface area contributed by atoms with E-state index in [9.17, 15) is 9.90 Å². The number of hydrogen-bond acceptors (Lipinski definition) is 4. The smallest absolute Gasteiger partial charge is 0.306 e. The van der Waals surface area contributed by atoms with E-state index in [1.165, 1.54) is 154 Å². The Labute approximate surface area is 348 Å². The molecular formula is C52H92O4. The molecule has 0 aliphatic heterocycles. The van der Waals surface area contributed by atoms with Crippen LogP contribution in [0.1, 0.15) is 226 Å². The first-order chi connectivity index (χ1) is 27.7. The molecule has 0 rings (SSSR count). The minimum absolute atomic E-state index is 0.203. The fourth-order valence-corrected chi connectivity index (χ4v) is 6.77. The van der Waals surface area contributed by atoms with Crippen molar-refractivity contribution in [1.82, 2.24) is 0 Å². The van der Waals surface area contributed by atoms with Crippen molar-refractivity contribution >= 4 is 5.97 Å². The van der Waals surface area contributed by atoms with Crippen molar-refractivity contribution in [3.05, 3.63) is 72.9 Å². The fraction of sp³-hybridized carbons (Fsp3) is 0.750. The maximum Gasteiger partial charge on any atom is 0.306 e. The number of carbonyl (C=O) groups is 1. The van der Waals surface area contributed by atoms with Crippen molar-refractivity contribution < 1.29 is 19.4 Å². The van der Waals surface area contributed by atoms with Crippen LogP contribution in [0.2, 0.25) is 0 Å². The van der Waals surface area contributed by atoms with Gasteiger partial charge in [0.1, 0.15) is 6.10 Å². The Morgan fingerprint density at radius 2 is 0.768 bits per heavy atom. The molecule has 56 heavy (non-hydrogen) atoms. The minimum Gasteiger partial charge on any atom is -0.457 e. The Morgan fingerprint density at radius 3 is 1.11 bits per heavy atom. The van der Waals surface area contributed by atoms with Crippen LogP contribution in [0.15, 0.2) is 72.9 Å². The maximum atomic E-state index is 12.2. The van der Waals surface area contributed by atoms with Gasteiger partial charge in [0.25, 0.3) is 0 Å². The fourth-order valence-electron chi connectivity index (χ4n) is 6.77. The van der Waals surface area contributed by atoms with Crippen LogP contribution in [-0.2, 0) is 14.3 Å². The standard InChI is InChI=1S/C52H92O4/c1-3-5-7-9-11-13-15-17-19-21-23-24-25-26-27-28-30-32-34-36-38-40-42-44-46-48-55-50-51(49-53)56-52(54)47-45-43-41-39-37-35-33-31-29-22-20-18-16-14-12-10-8-6-4-2/h6,8,12,14,18,20,29,31,35,37,41,43,51,53H,3-5,7,9-11,13,15-17,19,21-28,30,32-34,36,38-40,42,44-50H2,1-2H3/b8-6-,14-12-,20-18-,31-29-,37-35-,43-41-. The highest BCUT2D eigenvalue weighted by molar-refractivity contribution is 5.69. The zero-order chi connectivity index (χ0) is 40.5. The molecule has 0 aromatic heterocycles. The number of rotatable bonds is 44. The summed E-state index contributed by atoms with van der Waals surface area (Å²) in [4.78, 5) is 12.2. The van der Waals surface area contributed by atoms with Gasteiger partial charge in [-0.15, -0.1) is 0 Å². The molecular weight excluding hydrogens is 689 g/mol. The molecule has 0 aliphatic carbocycles. The number of allylic oxidation sites excluding steroid dienone is 12. The molecule has 1 unspecified atom stereocenters. The first-order valence-corrected chi connectivity index (χ1v) is 24.0. The van der Waals surface area contributed by atoms with Gasteiger partial charge in [0.2, 0.25) is 0 Å². The summed E-state index contributed by atoms with van der Waals surface area (Å²) >= 11 is 0. The van der Waals surface area contributed by atoms with Crippen LogP contribution in [0.4, 0.5) is 0 Å². The van der Waals surface area contributed by atoms with Crippen LogP contribution in [0, 0.1) is 0 Å². The van der Waals surface area contributed by atoms with E-state index in [1.54, 1.807) is 0 Å². The SMILES string of the molecule is CC/C=C\C/C=C\C/C=C\C/C=C\C/C=C\C/C=C\CCC(=O)OC(CO)COCCCCCCCCCCCCCCCCCCCCCCCCCCC. The second-order valence-electron chi connectivity index (χ2n) is 15.8. The Hall–Kier alpha value is -2.17. The van der Waals surface area contributed by atoms with E-state index >= 15 is 0 Å². The van der Waals surface area contributed by atoms with Crippen LogP contribution in [0.5, 0.6) is 0 Å². The average molecular weight is 781 g/mol. The van der Waals surface area contributed by atoms with Crippen LogP contribution < -0.4 is 0 Å². The molecule has 0 saturated heterocycles. The number of ether oxygens (including phenoxy) is 2. The van der Waals surface area contributed by atoms with E-state index in [2.05, 4.69) is 80.7 Å². The molecule has 0 bridgehead atoms. The number of aliphatic hydroxyl groups is 1. The van der Waals surface area contributed by atoms with Gasteiger partial charge in [-0.25, -0.2) is 0 Å². The quantitative estimate of drug-likeness (QED) is 0.0380. The van der Waals surface area contributed by atoms with Gasteiger partial charge in [-0.3, -0.25) is 4.79 Å². The molecule has 0 radical (unpaired) electrons.